The van der Waals surface area contributed by atoms with Gasteiger partial charge in [-0.2, -0.15) is 0 Å². The zero-order chi connectivity index (χ0) is 11.5. The molecule has 0 heterocycles. The van der Waals surface area contributed by atoms with E-state index in [1.807, 2.05) is 25.1 Å². The molecule has 3 nitrogen and oxygen atoms in total. The Labute approximate surface area is 95.7 Å². The van der Waals surface area contributed by atoms with Gasteiger partial charge in [0.15, 0.2) is 0 Å². The summed E-state index contributed by atoms with van der Waals surface area (Å²) in [5, 5.41) is 18.5. The second-order valence-corrected chi connectivity index (χ2v) is 4.51. The lowest BCUT2D eigenvalue weighted by Gasteiger charge is -2.12. The number of aliphatic hydroxyl groups excluding tert-OH is 2. The van der Waals surface area contributed by atoms with E-state index in [0.29, 0.717) is 6.61 Å². The molecule has 16 heavy (non-hydrogen) atoms. The molecule has 1 aromatic carbocycles. The van der Waals surface area contributed by atoms with Crippen LogP contribution in [0.15, 0.2) is 18.2 Å². The van der Waals surface area contributed by atoms with Gasteiger partial charge in [-0.05, 0) is 36.1 Å². The van der Waals surface area contributed by atoms with Gasteiger partial charge in [-0.25, -0.2) is 0 Å². The first-order valence-electron chi connectivity index (χ1n) is 5.75. The first kappa shape index (κ1) is 11.4. The number of ether oxygens (including phenoxy) is 1. The molecule has 3 heteroatoms. The monoisotopic (exact) mass is 222 g/mol. The van der Waals surface area contributed by atoms with Crippen LogP contribution in [0.4, 0.5) is 0 Å². The predicted octanol–water partition coefficient (Wildman–Crippen LogP) is 1.67. The smallest absolute Gasteiger partial charge is 0.119 e. The topological polar surface area (TPSA) is 49.7 Å². The van der Waals surface area contributed by atoms with Crippen LogP contribution in [0, 0.1) is 5.92 Å². The van der Waals surface area contributed by atoms with E-state index in [-0.39, 0.29) is 18.6 Å². The largest absolute Gasteiger partial charge is 0.493 e. The minimum absolute atomic E-state index is 0.143. The Kier molecular flexibility index (Phi) is 3.46. The number of rotatable bonds is 4. The van der Waals surface area contributed by atoms with Crippen LogP contribution in [0.25, 0.3) is 0 Å². The van der Waals surface area contributed by atoms with Crippen LogP contribution in [0.5, 0.6) is 5.75 Å². The lowest BCUT2D eigenvalue weighted by Crippen LogP contribution is -2.12. The number of hydrogen-bond acceptors (Lipinski definition) is 3. The molecule has 2 rings (SSSR count). The molecule has 0 bridgehead atoms. The SMILES string of the molecule is CC(CO)COc1ccc2c(c1)CC[C@@H]2O. The summed E-state index contributed by atoms with van der Waals surface area (Å²) in [6, 6.07) is 5.82. The molecule has 1 unspecified atom stereocenters. The second kappa shape index (κ2) is 4.85. The van der Waals surface area contributed by atoms with Gasteiger partial charge in [-0.1, -0.05) is 13.0 Å². The zero-order valence-electron chi connectivity index (χ0n) is 9.52. The molecule has 1 aromatic rings. The molecule has 2 N–H and O–H groups in total. The maximum atomic E-state index is 9.65. The third kappa shape index (κ3) is 2.36. The molecule has 0 aliphatic heterocycles. The maximum absolute atomic E-state index is 9.65. The molecular formula is C13H18O3. The molecule has 1 aliphatic rings. The number of aliphatic hydroxyl groups is 2. The van der Waals surface area contributed by atoms with Crippen molar-refractivity contribution in [2.75, 3.05) is 13.2 Å². The van der Waals surface area contributed by atoms with Crippen molar-refractivity contribution in [3.63, 3.8) is 0 Å². The first-order valence-corrected chi connectivity index (χ1v) is 5.75. The minimum Gasteiger partial charge on any atom is -0.493 e. The van der Waals surface area contributed by atoms with E-state index in [2.05, 4.69) is 0 Å². The third-order valence-electron chi connectivity index (χ3n) is 3.01. The molecule has 0 fully saturated rings. The number of aryl methyl sites for hydroxylation is 1. The Morgan fingerprint density at radius 1 is 1.50 bits per heavy atom. The summed E-state index contributed by atoms with van der Waals surface area (Å²) in [5.41, 5.74) is 2.21. The molecule has 0 aromatic heterocycles. The van der Waals surface area contributed by atoms with Gasteiger partial charge in [0.2, 0.25) is 0 Å². The van der Waals surface area contributed by atoms with Crippen LogP contribution >= 0.6 is 0 Å². The van der Waals surface area contributed by atoms with Gasteiger partial charge in [0.25, 0.3) is 0 Å². The normalized spacial score (nSPS) is 20.6. The lowest BCUT2D eigenvalue weighted by atomic mass is 10.1. The predicted molar refractivity (Wildman–Crippen MR) is 61.5 cm³/mol. The molecule has 0 radical (unpaired) electrons. The van der Waals surface area contributed by atoms with Crippen molar-refractivity contribution in [2.45, 2.75) is 25.9 Å². The summed E-state index contributed by atoms with van der Waals surface area (Å²) >= 11 is 0. The van der Waals surface area contributed by atoms with Crippen LogP contribution in [-0.2, 0) is 6.42 Å². The average molecular weight is 222 g/mol. The van der Waals surface area contributed by atoms with Crippen LogP contribution in [0.2, 0.25) is 0 Å². The summed E-state index contributed by atoms with van der Waals surface area (Å²) < 4.78 is 5.58. The fourth-order valence-electron chi connectivity index (χ4n) is 1.95. The molecule has 88 valence electrons. The van der Waals surface area contributed by atoms with Crippen molar-refractivity contribution < 1.29 is 14.9 Å². The fourth-order valence-corrected chi connectivity index (χ4v) is 1.95. The number of benzene rings is 1. The van der Waals surface area contributed by atoms with Crippen LogP contribution in [0.1, 0.15) is 30.6 Å². The highest BCUT2D eigenvalue weighted by atomic mass is 16.5. The van der Waals surface area contributed by atoms with Gasteiger partial charge < -0.3 is 14.9 Å². The summed E-state index contributed by atoms with van der Waals surface area (Å²) in [7, 11) is 0. The van der Waals surface area contributed by atoms with Gasteiger partial charge in [0.05, 0.1) is 12.7 Å². The minimum atomic E-state index is -0.305. The van der Waals surface area contributed by atoms with E-state index < -0.39 is 0 Å². The Balaban J connectivity index is 2.02. The molecule has 0 spiro atoms. The van der Waals surface area contributed by atoms with Crippen LogP contribution < -0.4 is 4.74 Å². The van der Waals surface area contributed by atoms with E-state index >= 15 is 0 Å². The second-order valence-electron chi connectivity index (χ2n) is 4.51. The van der Waals surface area contributed by atoms with E-state index in [9.17, 15) is 5.11 Å². The average Bonchev–Trinajstić information content (AvgIpc) is 2.67. The van der Waals surface area contributed by atoms with E-state index in [1.165, 1.54) is 5.56 Å². The lowest BCUT2D eigenvalue weighted by molar-refractivity contribution is 0.174. The van der Waals surface area contributed by atoms with E-state index in [0.717, 1.165) is 24.2 Å². The quantitative estimate of drug-likeness (QED) is 0.814. The highest BCUT2D eigenvalue weighted by Crippen LogP contribution is 2.33. The first-order chi connectivity index (χ1) is 7.70. The van der Waals surface area contributed by atoms with Crippen LogP contribution in [-0.4, -0.2) is 23.4 Å². The molecule has 2 atom stereocenters. The van der Waals surface area contributed by atoms with Gasteiger partial charge >= 0.3 is 0 Å². The number of fused-ring (bicyclic) bond motifs is 1. The van der Waals surface area contributed by atoms with E-state index in [4.69, 9.17) is 9.84 Å². The molecule has 0 saturated heterocycles. The van der Waals surface area contributed by atoms with Crippen molar-refractivity contribution in [3.8, 4) is 5.75 Å². The summed E-state index contributed by atoms with van der Waals surface area (Å²) in [4.78, 5) is 0. The van der Waals surface area contributed by atoms with Crippen molar-refractivity contribution in [1.29, 1.82) is 0 Å². The number of hydrogen-bond donors (Lipinski definition) is 2. The summed E-state index contributed by atoms with van der Waals surface area (Å²) in [6.45, 7) is 2.61. The van der Waals surface area contributed by atoms with Gasteiger partial charge in [-0.15, -0.1) is 0 Å². The molecule has 0 saturated carbocycles. The molecule has 0 amide bonds. The Bertz CT molecular complexity index is 362. The zero-order valence-corrected chi connectivity index (χ0v) is 9.52. The third-order valence-corrected chi connectivity index (χ3v) is 3.01. The van der Waals surface area contributed by atoms with Gasteiger partial charge in [-0.3, -0.25) is 0 Å². The maximum Gasteiger partial charge on any atom is 0.119 e. The molecular weight excluding hydrogens is 204 g/mol. The van der Waals surface area contributed by atoms with Crippen molar-refractivity contribution in [2.24, 2.45) is 5.92 Å². The Morgan fingerprint density at radius 3 is 3.06 bits per heavy atom. The van der Waals surface area contributed by atoms with Crippen molar-refractivity contribution in [3.05, 3.63) is 29.3 Å². The van der Waals surface area contributed by atoms with Crippen molar-refractivity contribution >= 4 is 0 Å². The summed E-state index contributed by atoms with van der Waals surface area (Å²) in [6.07, 6.45) is 1.43. The Morgan fingerprint density at radius 2 is 2.31 bits per heavy atom. The Hall–Kier alpha value is -1.06. The summed E-state index contributed by atoms with van der Waals surface area (Å²) in [5.74, 6) is 0.979. The highest BCUT2D eigenvalue weighted by Gasteiger charge is 2.20. The van der Waals surface area contributed by atoms with E-state index in [1.54, 1.807) is 0 Å². The van der Waals surface area contributed by atoms with Gasteiger partial charge in [0.1, 0.15) is 5.75 Å². The van der Waals surface area contributed by atoms with Gasteiger partial charge in [0, 0.05) is 12.5 Å². The van der Waals surface area contributed by atoms with Crippen molar-refractivity contribution in [1.82, 2.24) is 0 Å². The standard InChI is InChI=1S/C13H18O3/c1-9(7-14)8-16-11-3-4-12-10(6-11)2-5-13(12)15/h3-4,6,9,13-15H,2,5,7-8H2,1H3/t9?,13-/m0/s1. The van der Waals surface area contributed by atoms with Crippen LogP contribution in [0.3, 0.4) is 0 Å². The fraction of sp³-hybridized carbons (Fsp3) is 0.538. The highest BCUT2D eigenvalue weighted by molar-refractivity contribution is 5.39. The molecule has 1 aliphatic carbocycles.